The molecule has 0 amide bonds. The van der Waals surface area contributed by atoms with Crippen molar-refractivity contribution in [2.75, 3.05) is 4.90 Å². The number of halogens is 2. The highest BCUT2D eigenvalue weighted by Gasteiger charge is 2.42. The lowest BCUT2D eigenvalue weighted by atomic mass is 9.96. The Labute approximate surface area is 221 Å². The van der Waals surface area contributed by atoms with Gasteiger partial charge in [0.2, 0.25) is 0 Å². The van der Waals surface area contributed by atoms with Crippen molar-refractivity contribution < 1.29 is 0 Å². The first-order valence-corrected chi connectivity index (χ1v) is 12.8. The van der Waals surface area contributed by atoms with Crippen molar-refractivity contribution >= 4 is 46.2 Å². The molecule has 1 saturated heterocycles. The minimum Gasteiger partial charge on any atom is -0.351 e. The van der Waals surface area contributed by atoms with Crippen LogP contribution in [0, 0.1) is 13.8 Å². The van der Waals surface area contributed by atoms with Crippen LogP contribution in [-0.2, 0) is 6.42 Å². The number of hydrogen-bond donors (Lipinski definition) is 1. The lowest BCUT2D eigenvalue weighted by Gasteiger charge is -2.28. The molecule has 2 aromatic heterocycles. The van der Waals surface area contributed by atoms with Crippen molar-refractivity contribution in [1.29, 1.82) is 0 Å². The van der Waals surface area contributed by atoms with Gasteiger partial charge in [-0.3, -0.25) is 4.98 Å². The summed E-state index contributed by atoms with van der Waals surface area (Å²) < 4.78 is 2.17. The van der Waals surface area contributed by atoms with Gasteiger partial charge in [-0.2, -0.15) is 0 Å². The van der Waals surface area contributed by atoms with Crippen LogP contribution in [0.1, 0.15) is 47.2 Å². The third-order valence-corrected chi connectivity index (χ3v) is 7.81. The Kier molecular flexibility index (Phi) is 6.58. The number of rotatable bonds is 5. The number of aryl methyl sites for hydroxylation is 2. The fourth-order valence-corrected chi connectivity index (χ4v) is 5.69. The third-order valence-electron chi connectivity index (χ3n) is 6.68. The van der Waals surface area contributed by atoms with E-state index in [1.54, 1.807) is 6.07 Å². The van der Waals surface area contributed by atoms with E-state index in [0.717, 1.165) is 40.4 Å². The van der Waals surface area contributed by atoms with E-state index >= 15 is 0 Å². The summed E-state index contributed by atoms with van der Waals surface area (Å²) in [5, 5.41) is 5.30. The zero-order valence-electron chi connectivity index (χ0n) is 19.8. The van der Waals surface area contributed by atoms with Gasteiger partial charge in [0.05, 0.1) is 33.5 Å². The molecule has 0 spiro atoms. The molecule has 2 atom stereocenters. The maximum absolute atomic E-state index is 6.64. The van der Waals surface area contributed by atoms with Gasteiger partial charge in [-0.25, -0.2) is 0 Å². The third kappa shape index (κ3) is 4.22. The van der Waals surface area contributed by atoms with Crippen LogP contribution in [0.4, 0.5) is 5.69 Å². The monoisotopic (exact) mass is 520 g/mol. The molecule has 0 aliphatic carbocycles. The van der Waals surface area contributed by atoms with Gasteiger partial charge in [-0.15, -0.1) is 0 Å². The summed E-state index contributed by atoms with van der Waals surface area (Å²) in [6.07, 6.45) is 2.81. The molecule has 35 heavy (non-hydrogen) atoms. The average molecular weight is 522 g/mol. The largest absolute Gasteiger partial charge is 0.351 e. The van der Waals surface area contributed by atoms with Gasteiger partial charge in [0.15, 0.2) is 5.11 Å². The van der Waals surface area contributed by atoms with E-state index in [0.29, 0.717) is 15.2 Å². The number of nitrogens with zero attached hydrogens (tertiary/aromatic N) is 3. The Bertz CT molecular complexity index is 1380. The Morgan fingerprint density at radius 2 is 1.77 bits per heavy atom. The first-order chi connectivity index (χ1) is 16.9. The summed E-state index contributed by atoms with van der Waals surface area (Å²) in [6, 6.07) is 22.3. The molecule has 0 bridgehead atoms. The number of aromatic nitrogens is 2. The van der Waals surface area contributed by atoms with Crippen LogP contribution < -0.4 is 10.2 Å². The number of hydrogen-bond acceptors (Lipinski definition) is 2. The fourth-order valence-electron chi connectivity index (χ4n) is 4.96. The lowest BCUT2D eigenvalue weighted by molar-refractivity contribution is 0.565. The van der Waals surface area contributed by atoms with Gasteiger partial charge in [0, 0.05) is 23.3 Å². The zero-order chi connectivity index (χ0) is 24.7. The molecule has 1 N–H and O–H groups in total. The molecule has 1 fully saturated rings. The fraction of sp³-hybridized carbons (Fsp3) is 0.214. The Morgan fingerprint density at radius 1 is 1.00 bits per heavy atom. The Morgan fingerprint density at radius 3 is 2.46 bits per heavy atom. The molecule has 0 radical (unpaired) electrons. The molecular weight excluding hydrogens is 495 g/mol. The molecule has 0 saturated carbocycles. The number of pyridine rings is 1. The molecule has 5 rings (SSSR count). The van der Waals surface area contributed by atoms with Crippen molar-refractivity contribution in [1.82, 2.24) is 14.9 Å². The predicted molar refractivity (Wildman–Crippen MR) is 149 cm³/mol. The van der Waals surface area contributed by atoms with Gasteiger partial charge >= 0.3 is 0 Å². The van der Waals surface area contributed by atoms with Crippen molar-refractivity contribution in [2.24, 2.45) is 0 Å². The van der Waals surface area contributed by atoms with Crippen LogP contribution in [0.5, 0.6) is 0 Å². The van der Waals surface area contributed by atoms with Gasteiger partial charge in [0.25, 0.3) is 0 Å². The summed E-state index contributed by atoms with van der Waals surface area (Å²) in [4.78, 5) is 6.88. The number of nitrogens with one attached hydrogen (secondary N) is 1. The van der Waals surface area contributed by atoms with Crippen LogP contribution in [0.25, 0.3) is 5.69 Å². The number of anilines is 1. The highest BCUT2D eigenvalue weighted by molar-refractivity contribution is 7.80. The van der Waals surface area contributed by atoms with E-state index in [9.17, 15) is 0 Å². The van der Waals surface area contributed by atoms with Crippen LogP contribution in [0.2, 0.25) is 10.0 Å². The van der Waals surface area contributed by atoms with E-state index in [2.05, 4.69) is 70.9 Å². The smallest absolute Gasteiger partial charge is 0.174 e. The molecule has 4 aromatic rings. The highest BCUT2D eigenvalue weighted by Crippen LogP contribution is 2.44. The molecule has 0 unspecified atom stereocenters. The summed E-state index contributed by atoms with van der Waals surface area (Å²) in [6.45, 7) is 6.37. The second kappa shape index (κ2) is 9.65. The van der Waals surface area contributed by atoms with Crippen LogP contribution in [-0.4, -0.2) is 14.7 Å². The second-order valence-corrected chi connectivity index (χ2v) is 9.92. The van der Waals surface area contributed by atoms with Gasteiger partial charge in [-0.1, -0.05) is 54.4 Å². The summed E-state index contributed by atoms with van der Waals surface area (Å²) in [5.41, 5.74) is 7.45. The van der Waals surface area contributed by atoms with Crippen molar-refractivity contribution in [3.8, 4) is 5.69 Å². The Hall–Kier alpha value is -2.86. The minimum absolute atomic E-state index is 0.0946. The van der Waals surface area contributed by atoms with Crippen LogP contribution in [0.3, 0.4) is 0 Å². The molecule has 3 heterocycles. The lowest BCUT2D eigenvalue weighted by Crippen LogP contribution is -2.29. The van der Waals surface area contributed by atoms with Crippen molar-refractivity contribution in [3.05, 3.63) is 111 Å². The molecule has 1 aliphatic rings. The van der Waals surface area contributed by atoms with Gasteiger partial charge in [-0.05, 0) is 86.1 Å². The first kappa shape index (κ1) is 23.9. The normalized spacial score (nSPS) is 17.6. The molecule has 1 aliphatic heterocycles. The van der Waals surface area contributed by atoms with Crippen LogP contribution >= 0.6 is 35.4 Å². The van der Waals surface area contributed by atoms with Crippen molar-refractivity contribution in [2.45, 2.75) is 39.3 Å². The topological polar surface area (TPSA) is 33.1 Å². The van der Waals surface area contributed by atoms with E-state index < -0.39 is 0 Å². The highest BCUT2D eigenvalue weighted by atomic mass is 35.5. The van der Waals surface area contributed by atoms with Crippen LogP contribution in [0.15, 0.2) is 72.9 Å². The number of thiocarbonyl (C=S) groups is 1. The summed E-state index contributed by atoms with van der Waals surface area (Å²) in [5.74, 6) is 0. The molecular formula is C28H26Cl2N4S. The average Bonchev–Trinajstić information content (AvgIpc) is 3.36. The number of benzene rings is 2. The minimum atomic E-state index is -0.113. The standard InChI is InChI=1S/C28H26Cl2N4S/c1-4-19-11-13-20(14-12-19)34-27(26(32-28(34)35)23-9-5-6-15-31-23)21-16-17(2)33(18(21)3)24-10-7-8-22(29)25(24)30/h5-16,26-27H,4H2,1-3H3,(H,32,35)/t26-,27-/m0/s1. The maximum Gasteiger partial charge on any atom is 0.174 e. The molecule has 7 heteroatoms. The SMILES string of the molecule is CCc1ccc(N2C(=S)N[C@@H](c3ccccn3)[C@@H]2c2cc(C)n(-c3cccc(Cl)c3Cl)c2C)cc1. The maximum atomic E-state index is 6.64. The molecule has 4 nitrogen and oxygen atoms in total. The second-order valence-electron chi connectivity index (χ2n) is 8.75. The molecule has 178 valence electrons. The van der Waals surface area contributed by atoms with Crippen molar-refractivity contribution in [3.63, 3.8) is 0 Å². The summed E-state index contributed by atoms with van der Waals surface area (Å²) in [7, 11) is 0. The van der Waals surface area contributed by atoms with Gasteiger partial charge in [0.1, 0.15) is 0 Å². The zero-order valence-corrected chi connectivity index (χ0v) is 22.1. The van der Waals surface area contributed by atoms with E-state index in [1.165, 1.54) is 5.56 Å². The van der Waals surface area contributed by atoms with Gasteiger partial charge < -0.3 is 14.8 Å². The Balaban J connectivity index is 1.68. The predicted octanol–water partition coefficient (Wildman–Crippen LogP) is 7.54. The quantitative estimate of drug-likeness (QED) is 0.275. The van der Waals surface area contributed by atoms with E-state index in [4.69, 9.17) is 35.4 Å². The molecule has 2 aromatic carbocycles. The van der Waals surface area contributed by atoms with E-state index in [-0.39, 0.29) is 12.1 Å². The summed E-state index contributed by atoms with van der Waals surface area (Å²) >= 11 is 18.9. The van der Waals surface area contributed by atoms with E-state index in [1.807, 2.05) is 36.5 Å². The first-order valence-electron chi connectivity index (χ1n) is 11.6.